The SMILES string of the molecule is Cc1cn([C@H]2CC[C@@H](COP(=O)(O)OP(=O)(O)OP(=O)(O)O)O2)c(=O)[nH]c1=O.Cc1cn([C@H]2C[C@H](N=[N+]=[N-])[C@@H](COP(=O)(O)OP(=O)(O)OP(=O)(O)O)O2)c(=O)[nH]c1=O. The molecule has 0 aromatic carbocycles. The molecule has 334 valence electrons. The fraction of sp³-hybridized carbons (Fsp3) is 0.600. The Labute approximate surface area is 326 Å². The predicted octanol–water partition coefficient (Wildman–Crippen LogP) is 0.0206. The highest BCUT2D eigenvalue weighted by Gasteiger charge is 2.44. The second kappa shape index (κ2) is 19.6. The van der Waals surface area contributed by atoms with Crippen LogP contribution in [0.3, 0.4) is 0 Å². The van der Waals surface area contributed by atoms with Crippen molar-refractivity contribution < 1.29 is 102 Å². The Bertz CT molecular complexity index is 2450. The molecule has 4 heterocycles. The number of phosphoric ester groups is 2. The van der Waals surface area contributed by atoms with E-state index in [4.69, 9.17) is 44.4 Å². The molecule has 2 aromatic rings. The number of nitrogens with one attached hydrogen (secondary N) is 2. The third kappa shape index (κ3) is 16.7. The van der Waals surface area contributed by atoms with E-state index in [9.17, 15) is 56.4 Å². The summed E-state index contributed by atoms with van der Waals surface area (Å²) in [6, 6.07) is -1.04. The first-order valence-electron chi connectivity index (χ1n) is 15.4. The molecular formula is C20H33N7O26P6. The molecule has 0 saturated carbocycles. The van der Waals surface area contributed by atoms with E-state index in [2.05, 4.69) is 41.3 Å². The van der Waals surface area contributed by atoms with Gasteiger partial charge in [-0.15, -0.1) is 0 Å². The maximum Gasteiger partial charge on any atom is 0.490 e. The zero-order valence-electron chi connectivity index (χ0n) is 29.4. The van der Waals surface area contributed by atoms with Gasteiger partial charge in [0, 0.05) is 34.9 Å². The Morgan fingerprint density at radius 2 is 1.14 bits per heavy atom. The van der Waals surface area contributed by atoms with Crippen molar-refractivity contribution in [3.05, 3.63) is 75.6 Å². The molecule has 59 heavy (non-hydrogen) atoms. The van der Waals surface area contributed by atoms with Gasteiger partial charge >= 0.3 is 58.3 Å². The van der Waals surface area contributed by atoms with Crippen LogP contribution < -0.4 is 22.5 Å². The number of azide groups is 1. The number of rotatable bonds is 17. The van der Waals surface area contributed by atoms with Gasteiger partial charge in [-0.3, -0.25) is 37.7 Å². The summed E-state index contributed by atoms with van der Waals surface area (Å²) in [5.74, 6) is 0. The standard InChI is InChI=1S/C10H16N5O13P3.C10H17N2O13P3/c1-5-3-15(10(17)12-9(5)16)8-2-6(13-14-11)7(26-8)4-25-30(21,22)28-31(23,24)27-29(18,19)20;1-6-4-12(10(14)11-9(6)13)8-3-2-7(23-8)5-22-27(18,19)25-28(20,21)24-26(15,16)17/h3,6-8H,2,4H2,1H3,(H,21,22)(H,23,24)(H,12,16,17)(H2,18,19,20);4,7-8H,2-3,5H2,1H3,(H,18,19)(H,20,21)(H,11,13,14)(H2,15,16,17)/t6-,7+,8+;7-,8+/m00/s1. The van der Waals surface area contributed by atoms with E-state index >= 15 is 0 Å². The lowest BCUT2D eigenvalue weighted by atomic mass is 10.1. The summed E-state index contributed by atoms with van der Waals surface area (Å²) in [6.45, 7) is 1.41. The Kier molecular flexibility index (Phi) is 16.9. The molecular weight excluding hydrogens is 940 g/mol. The fourth-order valence-electron chi connectivity index (χ4n) is 4.79. The molecule has 2 aliphatic heterocycles. The maximum absolute atomic E-state index is 12.0. The Balaban J connectivity index is 0.000000317. The zero-order valence-corrected chi connectivity index (χ0v) is 34.8. The zero-order chi connectivity index (χ0) is 44.9. The second-order valence-corrected chi connectivity index (χ2v) is 20.5. The lowest BCUT2D eigenvalue weighted by Gasteiger charge is -2.19. The molecule has 0 radical (unpaired) electrons. The van der Waals surface area contributed by atoms with Crippen molar-refractivity contribution in [2.45, 2.75) is 63.8 Å². The third-order valence-electron chi connectivity index (χ3n) is 7.06. The smallest absolute Gasteiger partial charge is 0.352 e. The van der Waals surface area contributed by atoms with Gasteiger partial charge in [-0.2, -0.15) is 17.2 Å². The molecule has 9 atom stereocenters. The highest BCUT2D eigenvalue weighted by atomic mass is 31.3. The van der Waals surface area contributed by atoms with Gasteiger partial charge in [0.05, 0.1) is 31.5 Å². The maximum atomic E-state index is 12.0. The molecule has 4 rings (SSSR count). The van der Waals surface area contributed by atoms with Gasteiger partial charge in [0.15, 0.2) is 0 Å². The Morgan fingerprint density at radius 1 is 0.695 bits per heavy atom. The van der Waals surface area contributed by atoms with E-state index in [1.165, 1.54) is 26.2 Å². The van der Waals surface area contributed by atoms with Gasteiger partial charge in [-0.1, -0.05) is 5.11 Å². The Hall–Kier alpha value is -2.59. The summed E-state index contributed by atoms with van der Waals surface area (Å²) in [5, 5.41) is 3.42. The van der Waals surface area contributed by atoms with Crippen LogP contribution in [0.5, 0.6) is 0 Å². The van der Waals surface area contributed by atoms with Crippen LogP contribution in [0.1, 0.15) is 42.8 Å². The first-order chi connectivity index (χ1) is 26.8. The van der Waals surface area contributed by atoms with Gasteiger partial charge in [0.2, 0.25) is 0 Å². The number of aromatic nitrogens is 4. The van der Waals surface area contributed by atoms with Crippen LogP contribution >= 0.6 is 46.9 Å². The average Bonchev–Trinajstić information content (AvgIpc) is 3.67. The summed E-state index contributed by atoms with van der Waals surface area (Å²) < 4.78 is 104. The van der Waals surface area contributed by atoms with Crippen molar-refractivity contribution in [3.8, 4) is 0 Å². The minimum absolute atomic E-state index is 0.111. The van der Waals surface area contributed by atoms with E-state index in [1.807, 2.05) is 4.98 Å². The summed E-state index contributed by atoms with van der Waals surface area (Å²) in [4.78, 5) is 124. The molecule has 2 aromatic heterocycles. The fourth-order valence-corrected chi connectivity index (χ4v) is 10.9. The molecule has 10 N–H and O–H groups in total. The molecule has 0 amide bonds. The Morgan fingerprint density at radius 3 is 1.58 bits per heavy atom. The van der Waals surface area contributed by atoms with Crippen LogP contribution in [0.4, 0.5) is 0 Å². The number of ether oxygens (including phenoxy) is 2. The van der Waals surface area contributed by atoms with Crippen molar-refractivity contribution >= 4 is 46.9 Å². The van der Waals surface area contributed by atoms with E-state index < -0.39 is 113 Å². The molecule has 39 heteroatoms. The second-order valence-electron chi connectivity index (χ2n) is 11.7. The average molecular weight is 973 g/mol. The quantitative estimate of drug-likeness (QED) is 0.0432. The van der Waals surface area contributed by atoms with Crippen molar-refractivity contribution in [2.24, 2.45) is 5.11 Å². The van der Waals surface area contributed by atoms with Gasteiger partial charge in [-0.25, -0.2) is 37.0 Å². The van der Waals surface area contributed by atoms with Crippen molar-refractivity contribution in [2.75, 3.05) is 13.2 Å². The number of aryl methyl sites for hydroxylation is 2. The lowest BCUT2D eigenvalue weighted by Crippen LogP contribution is -2.33. The molecule has 2 saturated heterocycles. The molecule has 33 nitrogen and oxygen atoms in total. The number of aromatic amines is 2. The van der Waals surface area contributed by atoms with Gasteiger partial charge < -0.3 is 48.6 Å². The highest BCUT2D eigenvalue weighted by molar-refractivity contribution is 7.67. The van der Waals surface area contributed by atoms with Crippen LogP contribution in [0, 0.1) is 13.8 Å². The van der Waals surface area contributed by atoms with Crippen LogP contribution in [0.15, 0.2) is 36.7 Å². The van der Waals surface area contributed by atoms with Crippen LogP contribution in [-0.4, -0.2) is 89.7 Å². The first kappa shape index (κ1) is 50.8. The number of nitrogens with zero attached hydrogens (tertiary/aromatic N) is 5. The highest BCUT2D eigenvalue weighted by Crippen LogP contribution is 2.67. The summed E-state index contributed by atoms with van der Waals surface area (Å²) in [7, 11) is -33.0. The van der Waals surface area contributed by atoms with E-state index in [0.29, 0.717) is 0 Å². The minimum Gasteiger partial charge on any atom is -0.352 e. The van der Waals surface area contributed by atoms with Crippen LogP contribution in [0.2, 0.25) is 0 Å². The lowest BCUT2D eigenvalue weighted by molar-refractivity contribution is -0.0267. The third-order valence-corrected chi connectivity index (χ3v) is 14.7. The van der Waals surface area contributed by atoms with Crippen molar-refractivity contribution in [3.63, 3.8) is 0 Å². The molecule has 0 bridgehead atoms. The molecule has 4 unspecified atom stereocenters. The summed E-state index contributed by atoms with van der Waals surface area (Å²) in [6.07, 6.45) is -1.05. The molecule has 2 aliphatic rings. The number of hydrogen-bond donors (Lipinski definition) is 10. The minimum atomic E-state index is -5.70. The monoisotopic (exact) mass is 973 g/mol. The van der Waals surface area contributed by atoms with Crippen molar-refractivity contribution in [1.82, 2.24) is 19.1 Å². The normalized spacial score (nSPS) is 25.0. The van der Waals surface area contributed by atoms with E-state index in [0.717, 1.165) is 9.13 Å². The topological polar surface area (TPSA) is 497 Å². The number of phosphoric acid groups is 6. The number of H-pyrrole nitrogens is 2. The van der Waals surface area contributed by atoms with Gasteiger partial charge in [0.25, 0.3) is 11.1 Å². The molecule has 0 aliphatic carbocycles. The summed E-state index contributed by atoms with van der Waals surface area (Å²) in [5.41, 5.74) is 6.38. The predicted molar refractivity (Wildman–Crippen MR) is 186 cm³/mol. The first-order valence-corrected chi connectivity index (χ1v) is 24.4. The largest absolute Gasteiger partial charge is 0.490 e. The van der Waals surface area contributed by atoms with Gasteiger partial charge in [0.1, 0.15) is 12.5 Å². The van der Waals surface area contributed by atoms with Crippen LogP contribution in [0.25, 0.3) is 10.4 Å². The molecule has 0 spiro atoms. The number of hydrogen-bond acceptors (Lipinski definition) is 19. The molecule has 2 fully saturated rings. The van der Waals surface area contributed by atoms with Gasteiger partial charge in [-0.05, 0) is 32.2 Å². The van der Waals surface area contributed by atoms with E-state index in [-0.39, 0.29) is 30.4 Å². The van der Waals surface area contributed by atoms with Crippen LogP contribution in [-0.2, 0) is 63.2 Å². The summed E-state index contributed by atoms with van der Waals surface area (Å²) >= 11 is 0. The van der Waals surface area contributed by atoms with E-state index in [1.54, 1.807) is 0 Å². The van der Waals surface area contributed by atoms with Crippen molar-refractivity contribution in [1.29, 1.82) is 0 Å².